The van der Waals surface area contributed by atoms with Crippen LogP contribution in [0.15, 0.2) is 193 Å². The van der Waals surface area contributed by atoms with Crippen molar-refractivity contribution in [1.82, 2.24) is 57.7 Å². The third kappa shape index (κ3) is 28.6. The van der Waals surface area contributed by atoms with E-state index in [2.05, 4.69) is 75.5 Å². The quantitative estimate of drug-likeness (QED) is 0.00753. The molecule has 0 saturated carbocycles. The summed E-state index contributed by atoms with van der Waals surface area (Å²) < 4.78 is 11.9. The lowest BCUT2D eigenvalue weighted by molar-refractivity contribution is -0.144. The van der Waals surface area contributed by atoms with E-state index < -0.39 is 143 Å². The Hall–Kier alpha value is -14.3. The summed E-state index contributed by atoms with van der Waals surface area (Å²) in [5.74, 6) is -10.1. The molecule has 8 aliphatic rings. The molecular formula is C98H102N14O24S6. The predicted octanol–water partition coefficient (Wildman–Crippen LogP) is 8.59. The lowest BCUT2D eigenvalue weighted by Gasteiger charge is -2.31. The smallest absolute Gasteiger partial charge is 0.336 e. The molecule has 4 fully saturated rings. The third-order valence-corrected chi connectivity index (χ3v) is 28.6. The zero-order chi connectivity index (χ0) is 102. The van der Waals surface area contributed by atoms with Crippen LogP contribution in [0.4, 0.5) is 11.4 Å². The number of anilines is 1. The SMILES string of the molecule is CC(=O)N[C@@H](Cc1ccc(O)cc1)C(=O)N[C@H]1CSSC[C@@H](C(=O)O)NC(=O)[C@@H]2CCCN2C(=O)[C@H](CCCCN)NC1=O.CC(=O)N[C@@H](Cc1ccc(O)cc1)C(=O)N[C@H]1CSSC[C@@H](C(=O)O)NC(=O)[C@@H]2CCCN2C(=O)[C@H](CCCCNC(=S)Nc2ccc(-c3c4ccc(=O)cc-4oc4ccccc34)c(C(=O)O)c2)NC1=O.O=C(O)c1cc(N=C=S)ccc1-c1c2ccc(=O)cc-2oc2ccccc12. The molecule has 6 heterocycles. The second-order valence-corrected chi connectivity index (χ2v) is 39.2. The Balaban J connectivity index is 0.000000214. The molecule has 14 rings (SSSR count). The highest BCUT2D eigenvalue weighted by molar-refractivity contribution is 8.77. The van der Waals surface area contributed by atoms with E-state index in [-0.39, 0.29) is 107 Å². The van der Waals surface area contributed by atoms with Gasteiger partial charge in [0.2, 0.25) is 59.1 Å². The summed E-state index contributed by atoms with van der Waals surface area (Å²) in [6.07, 6.45) is 4.01. The number of nitrogens with two attached hydrogens (primary N) is 1. The van der Waals surface area contributed by atoms with Crippen LogP contribution in [0.25, 0.3) is 66.8 Å². The van der Waals surface area contributed by atoms with Crippen molar-refractivity contribution >= 4 is 194 Å². The number of thiocarbonyl (C=S) groups is 2. The fourth-order valence-corrected chi connectivity index (χ4v) is 21.6. The lowest BCUT2D eigenvalue weighted by atomic mass is 9.90. The number of para-hydroxylation sites is 2. The predicted molar refractivity (Wildman–Crippen MR) is 544 cm³/mol. The first-order valence-electron chi connectivity index (χ1n) is 45.1. The topological polar surface area (TPSA) is 586 Å². The number of aromatic carboxylic acids is 2. The molecule has 0 spiro atoms. The number of carbonyl (C=O) groups is 14. The zero-order valence-electron chi connectivity index (χ0n) is 76.5. The van der Waals surface area contributed by atoms with Crippen LogP contribution in [0, 0.1) is 0 Å². The Morgan fingerprint density at radius 1 is 0.507 bits per heavy atom. The van der Waals surface area contributed by atoms with Crippen molar-refractivity contribution < 1.29 is 107 Å². The summed E-state index contributed by atoms with van der Waals surface area (Å²) in [4.78, 5) is 213. The molecule has 744 valence electrons. The maximum Gasteiger partial charge on any atom is 0.336 e. The zero-order valence-corrected chi connectivity index (χ0v) is 81.4. The van der Waals surface area contributed by atoms with E-state index in [4.69, 9.17) is 26.8 Å². The summed E-state index contributed by atoms with van der Waals surface area (Å²) in [6.45, 7) is 3.65. The van der Waals surface area contributed by atoms with Gasteiger partial charge in [-0.05, 0) is 202 Å². The van der Waals surface area contributed by atoms with Gasteiger partial charge in [-0.1, -0.05) is 116 Å². The number of carboxylic acids is 4. The minimum Gasteiger partial charge on any atom is -0.508 e. The average molecular weight is 2050 g/mol. The first-order valence-corrected chi connectivity index (χ1v) is 50.9. The van der Waals surface area contributed by atoms with Gasteiger partial charge in [0.15, 0.2) is 16.0 Å². The number of unbranched alkanes of at least 4 members (excludes halogenated alkanes) is 2. The van der Waals surface area contributed by atoms with Gasteiger partial charge in [0, 0.05) is 120 Å². The number of carbonyl (C=O) groups excluding carboxylic acids is 10. The Bertz CT molecular complexity index is 6530. The molecule has 0 unspecified atom stereocenters. The highest BCUT2D eigenvalue weighted by Gasteiger charge is 2.43. The number of aliphatic imine (C=N–C) groups is 1. The van der Waals surface area contributed by atoms with Crippen LogP contribution in [0.2, 0.25) is 0 Å². The molecule has 18 N–H and O–H groups in total. The van der Waals surface area contributed by atoms with Gasteiger partial charge >= 0.3 is 23.9 Å². The maximum atomic E-state index is 14.3. The summed E-state index contributed by atoms with van der Waals surface area (Å²) in [6, 6.07) is 33.9. The molecule has 2 aliphatic carbocycles. The van der Waals surface area contributed by atoms with E-state index in [0.717, 1.165) is 48.6 Å². The van der Waals surface area contributed by atoms with Crippen molar-refractivity contribution in [3.05, 3.63) is 213 Å². The summed E-state index contributed by atoms with van der Waals surface area (Å²) in [5.41, 5.74) is 11.7. The highest BCUT2D eigenvalue weighted by Crippen LogP contribution is 2.44. The number of rotatable bonds is 27. The number of nitrogens with one attached hydrogen (secondary N) is 10. The van der Waals surface area contributed by atoms with Crippen LogP contribution in [0.1, 0.15) is 110 Å². The number of phenols is 2. The average Bonchev–Trinajstić information content (AvgIpc) is 1.38. The van der Waals surface area contributed by atoms with Crippen LogP contribution in [-0.2, 0) is 70.4 Å². The van der Waals surface area contributed by atoms with Gasteiger partial charge in [0.25, 0.3) is 0 Å². The number of isothiocyanates is 1. The van der Waals surface area contributed by atoms with Crippen molar-refractivity contribution in [2.45, 2.75) is 151 Å². The largest absolute Gasteiger partial charge is 0.508 e. The maximum absolute atomic E-state index is 14.3. The van der Waals surface area contributed by atoms with E-state index >= 15 is 0 Å². The molecule has 6 aliphatic heterocycles. The van der Waals surface area contributed by atoms with Gasteiger partial charge in [0.1, 0.15) is 94.6 Å². The molecule has 38 nitrogen and oxygen atoms in total. The van der Waals surface area contributed by atoms with Crippen LogP contribution in [-0.4, -0.2) is 243 Å². The fourth-order valence-electron chi connectivity index (χ4n) is 16.6. The van der Waals surface area contributed by atoms with Gasteiger partial charge in [-0.2, -0.15) is 4.99 Å². The second kappa shape index (κ2) is 50.7. The molecule has 10 atom stereocenters. The van der Waals surface area contributed by atoms with Gasteiger partial charge in [-0.25, -0.2) is 19.2 Å². The molecule has 6 aromatic rings. The minimum absolute atomic E-state index is 0.00454. The number of hydrogen-bond donors (Lipinski definition) is 17. The summed E-state index contributed by atoms with van der Waals surface area (Å²) >= 11 is 10.2. The number of benzene rings is 8. The summed E-state index contributed by atoms with van der Waals surface area (Å²) in [7, 11) is 4.42. The highest BCUT2D eigenvalue weighted by atomic mass is 33.1. The van der Waals surface area contributed by atoms with Gasteiger partial charge in [0.05, 0.1) is 22.0 Å². The first-order chi connectivity index (χ1) is 68.1. The van der Waals surface area contributed by atoms with E-state index in [9.17, 15) is 107 Å². The molecule has 0 radical (unpaired) electrons. The van der Waals surface area contributed by atoms with Crippen LogP contribution in [0.3, 0.4) is 0 Å². The molecule has 4 saturated heterocycles. The van der Waals surface area contributed by atoms with Crippen molar-refractivity contribution in [2.24, 2.45) is 10.7 Å². The van der Waals surface area contributed by atoms with E-state index in [1.165, 1.54) is 84.3 Å². The third-order valence-electron chi connectivity index (χ3n) is 23.5. The molecule has 0 bridgehead atoms. The summed E-state index contributed by atoms with van der Waals surface area (Å²) in [5, 5.41) is 90.4. The van der Waals surface area contributed by atoms with Crippen molar-refractivity contribution in [3.63, 3.8) is 0 Å². The van der Waals surface area contributed by atoms with E-state index in [1.807, 2.05) is 30.3 Å². The number of phenolic OH excluding ortho intramolecular Hbond substituents is 2. The number of amides is 10. The molecular weight excluding hydrogens is 1950 g/mol. The number of nitrogens with zero attached hydrogens (tertiary/aromatic N) is 3. The molecule has 0 aromatic heterocycles. The normalized spacial score (nSPS) is 19.0. The number of aliphatic carboxylic acids is 2. The van der Waals surface area contributed by atoms with Gasteiger partial charge < -0.3 is 108 Å². The van der Waals surface area contributed by atoms with Crippen LogP contribution < -0.4 is 69.8 Å². The Labute approximate surface area is 838 Å². The molecule has 142 heavy (non-hydrogen) atoms. The van der Waals surface area contributed by atoms with Gasteiger partial charge in [-0.15, -0.1) is 0 Å². The molecule has 10 amide bonds. The Morgan fingerprint density at radius 2 is 0.930 bits per heavy atom. The molecule has 6 aromatic carbocycles. The van der Waals surface area contributed by atoms with Crippen molar-refractivity contribution in [1.29, 1.82) is 0 Å². The monoisotopic (exact) mass is 2050 g/mol. The van der Waals surface area contributed by atoms with Gasteiger partial charge in [-0.3, -0.25) is 57.5 Å². The number of fused-ring (bicyclic) bond motifs is 6. The van der Waals surface area contributed by atoms with E-state index in [1.54, 1.807) is 78.9 Å². The minimum atomic E-state index is -1.30. The fraction of sp³-hybridized carbons (Fsp3) is 0.327. The van der Waals surface area contributed by atoms with E-state index in [0.29, 0.717) is 142 Å². The van der Waals surface area contributed by atoms with Crippen LogP contribution >= 0.6 is 67.6 Å². The lowest BCUT2D eigenvalue weighted by Crippen LogP contribution is -2.59. The Morgan fingerprint density at radius 3 is 1.36 bits per heavy atom. The van der Waals surface area contributed by atoms with Crippen molar-refractivity contribution in [2.75, 3.05) is 54.5 Å². The number of aromatic hydroxyl groups is 2. The standard InChI is InChI=1S/C49H51N7O12S3.C28H40N6O8S2.C21H11NO4S/c1-26(57)51-36(21-27-11-14-29(58)15-12-27)43(60)54-37-24-70-71-25-38(48(66)67)55-45(62)39-9-6-20-56(39)46(63)35(53-44(37)61)8-4-5-19-50-49(69)52-28-13-17-31(34(22-28)47(64)65)42-32-7-2-3-10-40(32)68-41-23-30(59)16-18-33(41)42;1-16(35)30-20(13-17-7-9-18(36)10-8-17)24(37)32-21-14-43-44-15-22(28(41)42)33-26(39)23-6-4-12-34(23)27(40)19(31-25(21)38)5-2-3-11-29;23-13-6-8-16-19(10-13)26-18-4-2-1-3-15(18)20(16)14-7-5-12(22-11-27)9-17(14)21(24)25/h2-3,7,10-18,22-23,35-39,58H,4-6,8-9,19-21,24-25H2,1H3,(H,51,57)(H,53,61)(H,54,60)(H,55,62)(H,64,65)(H,66,67)(H2,50,52,69);7-10,19-23,36H,2-6,11-15,29H2,1H3,(H,30,35)(H,31,38)(H,32,37)(H,33,39)(H,41,42);1-10H,(H,24,25)/t35-,36-,37-,38-,39-;19-,20-,21-,22-,23-;/m00./s1. The second-order valence-electron chi connectivity index (χ2n) is 33.5. The molecule has 44 heteroatoms. The van der Waals surface area contributed by atoms with Crippen LogP contribution in [0.5, 0.6) is 11.5 Å². The Kier molecular flexibility index (Phi) is 38.1. The first kappa shape index (κ1) is 107. The number of hydrogen-bond acceptors (Lipinski definition) is 28. The number of carboxylic acid groups (broad SMARTS) is 4. The van der Waals surface area contributed by atoms with Crippen molar-refractivity contribution in [3.8, 4) is 56.4 Å².